The molecule has 0 bridgehead atoms. The molecule has 5 aromatic carbocycles. The normalized spacial score (nSPS) is 19.1. The van der Waals surface area contributed by atoms with Gasteiger partial charge in [0.2, 0.25) is 0 Å². The summed E-state index contributed by atoms with van der Waals surface area (Å²) in [6.07, 6.45) is 75.7. The van der Waals surface area contributed by atoms with Crippen LogP contribution in [0.3, 0.4) is 0 Å². The average molecular weight is 2240 g/mol. The van der Waals surface area contributed by atoms with Gasteiger partial charge in [0, 0.05) is 70.8 Å². The topological polar surface area (TPSA) is 140 Å². The molecule has 5 aromatic rings. The summed E-state index contributed by atoms with van der Waals surface area (Å²) >= 11 is -3.30. The fourth-order valence-electron chi connectivity index (χ4n) is 19.3. The number of benzene rings is 5. The molecule has 0 amide bonds. The van der Waals surface area contributed by atoms with Gasteiger partial charge >= 0.3 is 151 Å². The van der Waals surface area contributed by atoms with Crippen LogP contribution < -0.4 is 4.74 Å². The molecule has 0 heterocycles. The Kier molecular flexibility index (Phi) is 76.5. The van der Waals surface area contributed by atoms with Crippen molar-refractivity contribution in [2.45, 2.75) is 450 Å². The Hall–Kier alpha value is -0.368. The van der Waals surface area contributed by atoms with Crippen LogP contribution in [0, 0.1) is 18.8 Å². The predicted octanol–water partition coefficient (Wildman–Crippen LogP) is 37.7. The molecule has 4 N–H and O–H groups in total. The third kappa shape index (κ3) is 51.5. The molecule has 0 spiro atoms. The number of para-hydroxylation sites is 1. The van der Waals surface area contributed by atoms with E-state index in [4.69, 9.17) is 87.8 Å². The molecule has 128 heavy (non-hydrogen) atoms. The standard InChI is InChI=1S/C33H47NO.C25H41NO2.C25H41NO.C24H39NO.8ClH.4Zr/c1-25-16-15-21-32(26(25)2)34-24-31-29(27-17-13-10-14-18-27)22-23-30(33(31)35)28-19-11-8-6-4-3-5-7-9-12-20-28;1-4-22(5-2)26-19-21-17-23(28-3)18-24(25(21)27)20-15-13-11-9-7-6-8-10-12-14-16-20;1-4-23(5-2)26-19-22-17-20(3)18-24(25(22)27)21-15-13-11-9-7-6-8-10-12-14-16-21;1-3-22(4-2)25-19-21-17-14-18-23(24(21)26)20-15-12-10-8-6-5-7-9-11-13-16-20;;;;;;;;;;;;/h10,13-14,17-18,22-26,28,32,35H,3-9,11-12,15-16,19-21H2,1-2H3;17-20,22,27H,4-16H2,1-3H3;17-19,21,23,27H,4-16H2,1-3H3;14,17-20,22,26H,3-13,15-16H2,1-2H3;8*1H;;;;/q;;;;;;;;;;;;4*+2/p-8. The zero-order chi connectivity index (χ0) is 93.6. The van der Waals surface area contributed by atoms with E-state index < -0.39 is 83.4 Å². The van der Waals surface area contributed by atoms with Gasteiger partial charge in [-0.15, -0.1) is 0 Å². The van der Waals surface area contributed by atoms with Crippen molar-refractivity contribution in [3.63, 3.8) is 0 Å². The van der Waals surface area contributed by atoms with Crippen molar-refractivity contribution < 1.29 is 109 Å². The molecular weight excluding hydrogens is 2070 g/mol. The minimum atomic E-state index is -0.826. The molecule has 0 aromatic heterocycles. The summed E-state index contributed by atoms with van der Waals surface area (Å²) in [4.78, 5) is 19.2. The van der Waals surface area contributed by atoms with E-state index >= 15 is 0 Å². The minimum absolute atomic E-state index is 0.315. The monoisotopic (exact) mass is 2230 g/mol. The van der Waals surface area contributed by atoms with Crippen molar-refractivity contribution in [3.05, 3.63) is 135 Å². The molecule has 10 rings (SSSR count). The van der Waals surface area contributed by atoms with Gasteiger partial charge in [-0.3, -0.25) is 20.0 Å². The Bertz CT molecular complexity index is 3630. The summed E-state index contributed by atoms with van der Waals surface area (Å²) in [5.74, 6) is 5.82. The first-order valence-corrected chi connectivity index (χ1v) is 75.7. The number of phenols is 4. The van der Waals surface area contributed by atoms with Crippen LogP contribution >= 0.6 is 68.1 Å². The van der Waals surface area contributed by atoms with Crippen molar-refractivity contribution >= 4 is 93.0 Å². The van der Waals surface area contributed by atoms with Crippen molar-refractivity contribution in [1.29, 1.82) is 0 Å². The second-order valence-electron chi connectivity index (χ2n) is 36.5. The number of aromatic hydroxyl groups is 4. The van der Waals surface area contributed by atoms with E-state index in [1.807, 2.05) is 37.0 Å². The van der Waals surface area contributed by atoms with Crippen LogP contribution in [0.5, 0.6) is 28.7 Å². The number of aliphatic imine (C=N–C) groups is 4. The molecule has 718 valence electrons. The van der Waals surface area contributed by atoms with Gasteiger partial charge in [0.25, 0.3) is 0 Å². The maximum absolute atomic E-state index is 11.7. The number of hydrogen-bond acceptors (Lipinski definition) is 9. The van der Waals surface area contributed by atoms with Crippen LogP contribution in [-0.4, -0.2) is 76.6 Å². The van der Waals surface area contributed by atoms with Crippen molar-refractivity contribution in [3.8, 4) is 39.9 Å². The number of methoxy groups -OCH3 is 1. The number of nitrogens with zero attached hydrogens (tertiary/aromatic N) is 4. The Morgan fingerprint density at radius 1 is 0.336 bits per heavy atom. The van der Waals surface area contributed by atoms with Crippen molar-refractivity contribution in [2.75, 3.05) is 7.11 Å². The summed E-state index contributed by atoms with van der Waals surface area (Å²) in [5, 5.41) is 44.7. The van der Waals surface area contributed by atoms with E-state index in [0.29, 0.717) is 76.8 Å². The summed E-state index contributed by atoms with van der Waals surface area (Å²) in [6, 6.07) is 30.9. The Morgan fingerprint density at radius 2 is 0.648 bits per heavy atom. The molecule has 3 atom stereocenters. The number of aryl methyl sites for hydroxylation is 1. The van der Waals surface area contributed by atoms with Gasteiger partial charge < -0.3 is 25.2 Å². The van der Waals surface area contributed by atoms with Gasteiger partial charge in [0.1, 0.15) is 28.7 Å². The van der Waals surface area contributed by atoms with Crippen LogP contribution in [0.2, 0.25) is 0 Å². The summed E-state index contributed by atoms with van der Waals surface area (Å²) in [7, 11) is 41.2. The first-order chi connectivity index (χ1) is 62.4. The number of halogens is 8. The number of rotatable bonds is 20. The SMILES string of the molecule is CC1CCCC(N=Cc2c(-c3ccccc3)ccc(C3CCCCCCCCCCC3)c2O)C1C.CCC(CC)N=Cc1cc(C)cc(C2CCCCCCCCCCC2)c1O.CCC(CC)N=Cc1cc(OC)cc(C2CCCCCCCCCCC2)c1O.CCC(CC)N=Cc1cccc(C2CCCCCCCCCCC2)c1O.[Cl][Zr][Cl].[Cl][Zr][Cl].[Cl][Zr][Cl].[Cl][Zr][Cl]. The van der Waals surface area contributed by atoms with Crippen LogP contribution in [0.4, 0.5) is 0 Å². The maximum atomic E-state index is 11.7. The second-order valence-corrected chi connectivity index (χ2v) is 51.5. The van der Waals surface area contributed by atoms with Crippen LogP contribution in [-0.2, 0) is 83.4 Å². The van der Waals surface area contributed by atoms with E-state index in [9.17, 15) is 20.4 Å². The first kappa shape index (κ1) is 122. The molecule has 5 aliphatic rings. The molecule has 5 saturated carbocycles. The third-order valence-corrected chi connectivity index (χ3v) is 27.5. The van der Waals surface area contributed by atoms with Crippen molar-refractivity contribution in [2.24, 2.45) is 31.8 Å². The fourth-order valence-corrected chi connectivity index (χ4v) is 19.3. The van der Waals surface area contributed by atoms with Gasteiger partial charge in [0.15, 0.2) is 0 Å². The number of ether oxygens (including phenoxy) is 1. The fraction of sp³-hybridized carbons (Fsp3) is 0.682. The van der Waals surface area contributed by atoms with E-state index in [-0.39, 0.29) is 0 Å². The summed E-state index contributed by atoms with van der Waals surface area (Å²) in [6.45, 7) is 19.9. The van der Waals surface area contributed by atoms with E-state index in [1.54, 1.807) is 7.11 Å². The van der Waals surface area contributed by atoms with Gasteiger partial charge in [-0.05, 0) is 196 Å². The Balaban J connectivity index is 0.000000424. The molecular formula is C107H168Cl8N4O5Zr4. The van der Waals surface area contributed by atoms with Gasteiger partial charge in [-0.1, -0.05) is 360 Å². The Morgan fingerprint density at radius 3 is 1.00 bits per heavy atom. The quantitative estimate of drug-likeness (QED) is 0.0575. The molecule has 0 radical (unpaired) electrons. The number of hydrogen-bond donors (Lipinski definition) is 4. The zero-order valence-electron chi connectivity index (χ0n) is 80.7. The van der Waals surface area contributed by atoms with Crippen LogP contribution in [0.25, 0.3) is 11.1 Å². The molecule has 5 fully saturated rings. The van der Waals surface area contributed by atoms with Gasteiger partial charge in [-0.2, -0.15) is 0 Å². The zero-order valence-corrected chi connectivity index (χ0v) is 96.5. The summed E-state index contributed by atoms with van der Waals surface area (Å²) < 4.78 is 5.57. The van der Waals surface area contributed by atoms with Crippen LogP contribution in [0.15, 0.2) is 105 Å². The Labute approximate surface area is 855 Å². The molecule has 0 aliphatic heterocycles. The molecule has 9 nitrogen and oxygen atoms in total. The predicted molar refractivity (Wildman–Crippen MR) is 550 cm³/mol. The third-order valence-electron chi connectivity index (χ3n) is 27.5. The first-order valence-electron chi connectivity index (χ1n) is 50.4. The van der Waals surface area contributed by atoms with Crippen molar-refractivity contribution in [1.82, 2.24) is 0 Å². The van der Waals surface area contributed by atoms with E-state index in [1.165, 1.54) is 288 Å². The molecule has 0 saturated heterocycles. The molecule has 3 unspecified atom stereocenters. The van der Waals surface area contributed by atoms with Gasteiger partial charge in [0.05, 0.1) is 13.2 Å². The van der Waals surface area contributed by atoms with E-state index in [0.717, 1.165) is 125 Å². The summed E-state index contributed by atoms with van der Waals surface area (Å²) in [5.41, 5.74) is 11.5. The van der Waals surface area contributed by atoms with Gasteiger partial charge in [-0.25, -0.2) is 0 Å². The molecule has 21 heteroatoms. The molecule has 5 aliphatic carbocycles. The van der Waals surface area contributed by atoms with Crippen LogP contribution in [0.1, 0.15) is 469 Å². The second kappa shape index (κ2) is 80.4. The number of phenolic OH excluding ortho intramolecular Hbond substituents is 4. The average Bonchev–Trinajstić information content (AvgIpc) is 0.815. The van der Waals surface area contributed by atoms with E-state index in [2.05, 4.69) is 140 Å².